The summed E-state index contributed by atoms with van der Waals surface area (Å²) < 4.78 is 0. The van der Waals surface area contributed by atoms with E-state index in [1.165, 1.54) is 0 Å². The molecule has 0 saturated heterocycles. The summed E-state index contributed by atoms with van der Waals surface area (Å²) in [5.41, 5.74) is 13.3. The molecule has 0 aromatic heterocycles. The fraction of sp³-hybridized carbons (Fsp3) is 0.133. The van der Waals surface area contributed by atoms with Gasteiger partial charge in [0.25, 0.3) is 0 Å². The van der Waals surface area contributed by atoms with Crippen LogP contribution in [0.3, 0.4) is 0 Å². The van der Waals surface area contributed by atoms with Crippen LogP contribution in [-0.2, 0) is 4.79 Å². The summed E-state index contributed by atoms with van der Waals surface area (Å²) in [4.78, 5) is 11.4. The van der Waals surface area contributed by atoms with Gasteiger partial charge in [-0.2, -0.15) is 0 Å². The van der Waals surface area contributed by atoms with Gasteiger partial charge in [0.15, 0.2) is 0 Å². The van der Waals surface area contributed by atoms with Crippen LogP contribution in [0.15, 0.2) is 60.7 Å². The van der Waals surface area contributed by atoms with Crippen molar-refractivity contribution in [1.82, 2.24) is 0 Å². The van der Waals surface area contributed by atoms with Gasteiger partial charge in [-0.15, -0.1) is 12.4 Å². The second-order valence-corrected chi connectivity index (χ2v) is 4.23. The Morgan fingerprint density at radius 2 is 1.21 bits per heavy atom. The number of nitrogens with two attached hydrogens (primary N) is 2. The number of rotatable bonds is 4. The fourth-order valence-corrected chi connectivity index (χ4v) is 2.09. The van der Waals surface area contributed by atoms with Crippen molar-refractivity contribution in [3.8, 4) is 0 Å². The van der Waals surface area contributed by atoms with Crippen LogP contribution in [0.25, 0.3) is 0 Å². The molecule has 1 atom stereocenters. The van der Waals surface area contributed by atoms with Crippen LogP contribution in [0.2, 0.25) is 0 Å². The normalized spacial score (nSPS) is 11.7. The highest BCUT2D eigenvalue weighted by molar-refractivity contribution is 5.85. The third-order valence-corrected chi connectivity index (χ3v) is 3.01. The van der Waals surface area contributed by atoms with E-state index >= 15 is 0 Å². The van der Waals surface area contributed by atoms with Crippen molar-refractivity contribution < 1.29 is 4.79 Å². The van der Waals surface area contributed by atoms with Crippen LogP contribution in [0, 0.1) is 0 Å². The number of benzene rings is 2. The largest absolute Gasteiger partial charge is 0.368 e. The highest BCUT2D eigenvalue weighted by Gasteiger charge is 2.25. The summed E-state index contributed by atoms with van der Waals surface area (Å²) >= 11 is 0. The van der Waals surface area contributed by atoms with Crippen molar-refractivity contribution in [1.29, 1.82) is 0 Å². The molecule has 4 N–H and O–H groups in total. The summed E-state index contributed by atoms with van der Waals surface area (Å²) in [6.45, 7) is 0. The molecule has 0 aliphatic rings. The van der Waals surface area contributed by atoms with E-state index in [-0.39, 0.29) is 18.3 Å². The highest BCUT2D eigenvalue weighted by Crippen LogP contribution is 2.26. The van der Waals surface area contributed by atoms with Crippen LogP contribution in [0.4, 0.5) is 0 Å². The van der Waals surface area contributed by atoms with Crippen LogP contribution in [0.1, 0.15) is 17.0 Å². The topological polar surface area (TPSA) is 69.1 Å². The van der Waals surface area contributed by atoms with Crippen LogP contribution >= 0.6 is 12.4 Å². The van der Waals surface area contributed by atoms with Crippen LogP contribution < -0.4 is 11.5 Å². The molecular formula is C15H17ClN2O. The minimum atomic E-state index is -0.727. The number of hydrogen-bond donors (Lipinski definition) is 2. The van der Waals surface area contributed by atoms with Crippen molar-refractivity contribution in [2.75, 3.05) is 0 Å². The minimum absolute atomic E-state index is 0. The predicted molar refractivity (Wildman–Crippen MR) is 79.1 cm³/mol. The molecule has 0 saturated carbocycles. The smallest absolute Gasteiger partial charge is 0.235 e. The van der Waals surface area contributed by atoms with E-state index in [1.54, 1.807) is 0 Å². The van der Waals surface area contributed by atoms with E-state index in [4.69, 9.17) is 11.5 Å². The van der Waals surface area contributed by atoms with Gasteiger partial charge in [0.1, 0.15) is 0 Å². The summed E-state index contributed by atoms with van der Waals surface area (Å²) in [7, 11) is 0. The molecule has 2 rings (SSSR count). The van der Waals surface area contributed by atoms with E-state index in [0.29, 0.717) is 0 Å². The van der Waals surface area contributed by atoms with Gasteiger partial charge >= 0.3 is 0 Å². The molecule has 0 aliphatic carbocycles. The Morgan fingerprint density at radius 3 is 1.53 bits per heavy atom. The number of halogens is 1. The summed E-state index contributed by atoms with van der Waals surface area (Å²) in [6.07, 6.45) is 0. The Balaban J connectivity index is 0.00000180. The SMILES string of the molecule is Cl.NC(=O)[C@@H](N)C(c1ccccc1)c1ccccc1. The first-order valence-corrected chi connectivity index (χ1v) is 5.85. The van der Waals surface area contributed by atoms with E-state index in [0.717, 1.165) is 11.1 Å². The van der Waals surface area contributed by atoms with Gasteiger partial charge in [0, 0.05) is 5.92 Å². The summed E-state index contributed by atoms with van der Waals surface area (Å²) in [5.74, 6) is -0.697. The number of hydrogen-bond acceptors (Lipinski definition) is 2. The van der Waals surface area contributed by atoms with Crippen LogP contribution in [-0.4, -0.2) is 11.9 Å². The first-order valence-electron chi connectivity index (χ1n) is 5.85. The molecule has 2 aromatic rings. The highest BCUT2D eigenvalue weighted by atomic mass is 35.5. The van der Waals surface area contributed by atoms with Gasteiger partial charge in [0.2, 0.25) is 5.91 Å². The van der Waals surface area contributed by atoms with E-state index in [1.807, 2.05) is 60.7 Å². The maximum atomic E-state index is 11.4. The maximum absolute atomic E-state index is 11.4. The molecule has 100 valence electrons. The fourth-order valence-electron chi connectivity index (χ4n) is 2.09. The zero-order valence-corrected chi connectivity index (χ0v) is 11.2. The van der Waals surface area contributed by atoms with E-state index in [2.05, 4.69) is 0 Å². The second-order valence-electron chi connectivity index (χ2n) is 4.23. The lowest BCUT2D eigenvalue weighted by Gasteiger charge is -2.22. The van der Waals surface area contributed by atoms with Gasteiger partial charge in [-0.3, -0.25) is 4.79 Å². The first kappa shape index (κ1) is 15.2. The summed E-state index contributed by atoms with van der Waals surface area (Å²) in [5, 5.41) is 0. The molecule has 19 heavy (non-hydrogen) atoms. The molecule has 0 fully saturated rings. The first-order chi connectivity index (χ1) is 8.70. The van der Waals surface area contributed by atoms with E-state index in [9.17, 15) is 4.79 Å². The quantitative estimate of drug-likeness (QED) is 0.897. The minimum Gasteiger partial charge on any atom is -0.368 e. The Hall–Kier alpha value is -1.84. The lowest BCUT2D eigenvalue weighted by Crippen LogP contribution is -2.41. The van der Waals surface area contributed by atoms with Crippen molar-refractivity contribution >= 4 is 18.3 Å². The molecule has 3 nitrogen and oxygen atoms in total. The Kier molecular flexibility index (Phi) is 5.55. The Labute approximate surface area is 119 Å². The zero-order valence-electron chi connectivity index (χ0n) is 10.4. The van der Waals surface area contributed by atoms with Crippen molar-refractivity contribution in [2.45, 2.75) is 12.0 Å². The molecule has 0 spiro atoms. The average molecular weight is 277 g/mol. The van der Waals surface area contributed by atoms with Crippen molar-refractivity contribution in [2.24, 2.45) is 11.5 Å². The van der Waals surface area contributed by atoms with Crippen molar-refractivity contribution in [3.63, 3.8) is 0 Å². The predicted octanol–water partition coefficient (Wildman–Crippen LogP) is 2.05. The number of primary amides is 1. The monoisotopic (exact) mass is 276 g/mol. The van der Waals surface area contributed by atoms with Gasteiger partial charge in [-0.25, -0.2) is 0 Å². The standard InChI is InChI=1S/C15H16N2O.ClH/c16-14(15(17)18)13(11-7-3-1-4-8-11)12-9-5-2-6-10-12;/h1-10,13-14H,16H2,(H2,17,18);1H/t14-;/m0./s1. The molecule has 0 radical (unpaired) electrons. The Bertz CT molecular complexity index is 477. The van der Waals surface area contributed by atoms with Gasteiger partial charge in [0.05, 0.1) is 6.04 Å². The zero-order chi connectivity index (χ0) is 13.0. The van der Waals surface area contributed by atoms with Crippen LogP contribution in [0.5, 0.6) is 0 Å². The molecular weight excluding hydrogens is 260 g/mol. The molecule has 0 unspecified atom stereocenters. The molecule has 4 heteroatoms. The lowest BCUT2D eigenvalue weighted by atomic mass is 9.85. The average Bonchev–Trinajstić information content (AvgIpc) is 2.41. The van der Waals surface area contributed by atoms with Gasteiger partial charge in [-0.1, -0.05) is 60.7 Å². The maximum Gasteiger partial charge on any atom is 0.235 e. The Morgan fingerprint density at radius 1 is 0.842 bits per heavy atom. The number of carbonyl (C=O) groups excluding carboxylic acids is 1. The third-order valence-electron chi connectivity index (χ3n) is 3.01. The third kappa shape index (κ3) is 3.56. The molecule has 0 heterocycles. The van der Waals surface area contributed by atoms with Gasteiger partial charge < -0.3 is 11.5 Å². The molecule has 0 aliphatic heterocycles. The van der Waals surface area contributed by atoms with Gasteiger partial charge in [-0.05, 0) is 11.1 Å². The molecule has 0 bridgehead atoms. The van der Waals surface area contributed by atoms with E-state index < -0.39 is 11.9 Å². The summed E-state index contributed by atoms with van der Waals surface area (Å²) in [6, 6.07) is 18.7. The molecule has 2 aromatic carbocycles. The van der Waals surface area contributed by atoms with Crippen molar-refractivity contribution in [3.05, 3.63) is 71.8 Å². The number of carbonyl (C=O) groups is 1. The number of amides is 1. The lowest BCUT2D eigenvalue weighted by molar-refractivity contribution is -0.119. The second kappa shape index (κ2) is 6.92. The molecule has 1 amide bonds.